The first-order valence-electron chi connectivity index (χ1n) is 7.86. The Balaban J connectivity index is 1.99. The van der Waals surface area contributed by atoms with Crippen LogP contribution >= 0.6 is 0 Å². The third-order valence-electron chi connectivity index (χ3n) is 4.13. The highest BCUT2D eigenvalue weighted by Crippen LogP contribution is 2.33. The van der Waals surface area contributed by atoms with E-state index in [9.17, 15) is 4.79 Å². The van der Waals surface area contributed by atoms with E-state index in [1.165, 1.54) is 0 Å². The lowest BCUT2D eigenvalue weighted by atomic mass is 9.97. The number of para-hydroxylation sites is 1. The van der Waals surface area contributed by atoms with Crippen LogP contribution in [0.25, 0.3) is 33.3 Å². The minimum atomic E-state index is 0.675. The predicted octanol–water partition coefficient (Wildman–Crippen LogP) is 5.38. The van der Waals surface area contributed by atoms with Crippen LogP contribution in [0.15, 0.2) is 84.9 Å². The highest BCUT2D eigenvalue weighted by atomic mass is 16.1. The van der Waals surface area contributed by atoms with E-state index in [4.69, 9.17) is 4.98 Å². The van der Waals surface area contributed by atoms with Gasteiger partial charge in [-0.25, -0.2) is 4.98 Å². The summed E-state index contributed by atoms with van der Waals surface area (Å²) in [4.78, 5) is 15.8. The fourth-order valence-corrected chi connectivity index (χ4v) is 2.89. The van der Waals surface area contributed by atoms with E-state index in [2.05, 4.69) is 24.3 Å². The molecule has 24 heavy (non-hydrogen) atoms. The molecule has 0 aliphatic rings. The second kappa shape index (κ2) is 6.09. The van der Waals surface area contributed by atoms with Crippen molar-refractivity contribution in [3.8, 4) is 22.4 Å². The lowest BCUT2D eigenvalue weighted by molar-refractivity contribution is 0.112. The molecule has 0 unspecified atom stereocenters. The molecule has 2 heteroatoms. The van der Waals surface area contributed by atoms with Gasteiger partial charge in [0.25, 0.3) is 0 Å². The summed E-state index contributed by atoms with van der Waals surface area (Å²) in [7, 11) is 0. The minimum absolute atomic E-state index is 0.675. The van der Waals surface area contributed by atoms with Crippen molar-refractivity contribution in [1.82, 2.24) is 4.98 Å². The molecule has 0 radical (unpaired) electrons. The van der Waals surface area contributed by atoms with Crippen molar-refractivity contribution >= 4 is 17.2 Å². The van der Waals surface area contributed by atoms with Crippen LogP contribution in [-0.4, -0.2) is 11.3 Å². The fraction of sp³-hybridized carbons (Fsp3) is 0. The maximum atomic E-state index is 10.9. The fourth-order valence-electron chi connectivity index (χ4n) is 2.89. The smallest absolute Gasteiger partial charge is 0.150 e. The number of carbonyl (C=O) groups is 1. The molecule has 1 aromatic heterocycles. The molecule has 0 N–H and O–H groups in total. The molecule has 0 aliphatic heterocycles. The van der Waals surface area contributed by atoms with Crippen molar-refractivity contribution in [2.24, 2.45) is 0 Å². The molecule has 2 nitrogen and oxygen atoms in total. The summed E-state index contributed by atoms with van der Waals surface area (Å²) in [6.07, 6.45) is 0.862. The summed E-state index contributed by atoms with van der Waals surface area (Å²) in [5, 5.41) is 1.10. The van der Waals surface area contributed by atoms with Crippen LogP contribution < -0.4 is 0 Å². The van der Waals surface area contributed by atoms with Gasteiger partial charge in [-0.1, -0.05) is 72.8 Å². The average Bonchev–Trinajstić information content (AvgIpc) is 2.68. The molecule has 4 rings (SSSR count). The zero-order valence-corrected chi connectivity index (χ0v) is 13.0. The Labute approximate surface area is 140 Å². The van der Waals surface area contributed by atoms with Gasteiger partial charge in [-0.3, -0.25) is 4.79 Å². The van der Waals surface area contributed by atoms with Crippen molar-refractivity contribution < 1.29 is 4.79 Å². The second-order valence-electron chi connectivity index (χ2n) is 5.68. The first kappa shape index (κ1) is 14.3. The Hall–Kier alpha value is -3.26. The summed E-state index contributed by atoms with van der Waals surface area (Å²) in [5.74, 6) is 0. The molecule has 0 atom stereocenters. The molecule has 0 saturated carbocycles. The third-order valence-corrected chi connectivity index (χ3v) is 4.13. The lowest BCUT2D eigenvalue weighted by Gasteiger charge is -2.11. The van der Waals surface area contributed by atoms with E-state index in [1.54, 1.807) is 0 Å². The summed E-state index contributed by atoms with van der Waals surface area (Å²) in [6, 6.07) is 28.1. The van der Waals surface area contributed by atoms with Crippen LogP contribution in [0.2, 0.25) is 0 Å². The van der Waals surface area contributed by atoms with Gasteiger partial charge in [0.05, 0.1) is 11.2 Å². The number of nitrogens with zero attached hydrogens (tertiary/aromatic N) is 1. The van der Waals surface area contributed by atoms with Crippen LogP contribution in [0.5, 0.6) is 0 Å². The van der Waals surface area contributed by atoms with Crippen molar-refractivity contribution in [3.05, 3.63) is 90.5 Å². The SMILES string of the molecule is O=Cc1ccc(-c2cc3ccccc3nc2-c2ccccc2)cc1. The standard InChI is InChI=1S/C22H15NO/c24-15-16-10-12-17(13-11-16)20-14-19-8-4-5-9-21(19)23-22(20)18-6-2-1-3-7-18/h1-15H. The summed E-state index contributed by atoms with van der Waals surface area (Å²) in [6.45, 7) is 0. The Kier molecular flexibility index (Phi) is 3.64. The zero-order chi connectivity index (χ0) is 16.4. The molecule has 3 aromatic carbocycles. The highest BCUT2D eigenvalue weighted by molar-refractivity contribution is 5.92. The van der Waals surface area contributed by atoms with Crippen LogP contribution in [0.1, 0.15) is 10.4 Å². The van der Waals surface area contributed by atoms with E-state index >= 15 is 0 Å². The van der Waals surface area contributed by atoms with E-state index in [0.29, 0.717) is 5.56 Å². The molecular weight excluding hydrogens is 294 g/mol. The summed E-state index contributed by atoms with van der Waals surface area (Å²) >= 11 is 0. The van der Waals surface area contributed by atoms with Gasteiger partial charge in [-0.2, -0.15) is 0 Å². The number of hydrogen-bond acceptors (Lipinski definition) is 2. The van der Waals surface area contributed by atoms with E-state index < -0.39 is 0 Å². The van der Waals surface area contributed by atoms with Crippen LogP contribution in [0, 0.1) is 0 Å². The quantitative estimate of drug-likeness (QED) is 0.475. The number of aldehydes is 1. The zero-order valence-electron chi connectivity index (χ0n) is 13.0. The number of benzene rings is 3. The molecule has 0 aliphatic carbocycles. The van der Waals surface area contributed by atoms with E-state index in [1.807, 2.05) is 60.7 Å². The van der Waals surface area contributed by atoms with Gasteiger partial charge in [-0.15, -0.1) is 0 Å². The molecule has 1 heterocycles. The molecule has 0 amide bonds. The normalized spacial score (nSPS) is 10.7. The van der Waals surface area contributed by atoms with Crippen molar-refractivity contribution in [2.45, 2.75) is 0 Å². The van der Waals surface area contributed by atoms with Gasteiger partial charge in [-0.05, 0) is 17.7 Å². The molecular formula is C22H15NO. The maximum Gasteiger partial charge on any atom is 0.150 e. The number of hydrogen-bond donors (Lipinski definition) is 0. The lowest BCUT2D eigenvalue weighted by Crippen LogP contribution is -1.91. The van der Waals surface area contributed by atoms with Crippen molar-refractivity contribution in [1.29, 1.82) is 0 Å². The number of pyridine rings is 1. The molecule has 4 aromatic rings. The first-order chi connectivity index (χ1) is 11.8. The Morgan fingerprint density at radius 2 is 1.42 bits per heavy atom. The van der Waals surface area contributed by atoms with Crippen LogP contribution in [0.4, 0.5) is 0 Å². The second-order valence-corrected chi connectivity index (χ2v) is 5.68. The Bertz CT molecular complexity index is 1000. The first-order valence-corrected chi connectivity index (χ1v) is 7.86. The average molecular weight is 309 g/mol. The number of carbonyl (C=O) groups excluding carboxylic acids is 1. The van der Waals surface area contributed by atoms with Crippen LogP contribution in [0.3, 0.4) is 0 Å². The van der Waals surface area contributed by atoms with Crippen molar-refractivity contribution in [3.63, 3.8) is 0 Å². The van der Waals surface area contributed by atoms with Gasteiger partial charge < -0.3 is 0 Å². The van der Waals surface area contributed by atoms with Gasteiger partial charge in [0.1, 0.15) is 6.29 Å². The minimum Gasteiger partial charge on any atom is -0.298 e. The van der Waals surface area contributed by atoms with Crippen LogP contribution in [-0.2, 0) is 0 Å². The Morgan fingerprint density at radius 1 is 0.708 bits per heavy atom. The van der Waals surface area contributed by atoms with Crippen molar-refractivity contribution in [2.75, 3.05) is 0 Å². The summed E-state index contributed by atoms with van der Waals surface area (Å²) < 4.78 is 0. The van der Waals surface area contributed by atoms with Gasteiger partial charge in [0.2, 0.25) is 0 Å². The van der Waals surface area contributed by atoms with E-state index in [-0.39, 0.29) is 0 Å². The number of rotatable bonds is 3. The van der Waals surface area contributed by atoms with Gasteiger partial charge in [0, 0.05) is 22.1 Å². The number of aromatic nitrogens is 1. The largest absolute Gasteiger partial charge is 0.298 e. The topological polar surface area (TPSA) is 30.0 Å². The molecule has 0 bridgehead atoms. The molecule has 0 saturated heterocycles. The van der Waals surface area contributed by atoms with Gasteiger partial charge >= 0.3 is 0 Å². The van der Waals surface area contributed by atoms with Gasteiger partial charge in [0.15, 0.2) is 0 Å². The van der Waals surface area contributed by atoms with E-state index in [0.717, 1.165) is 39.6 Å². The maximum absolute atomic E-state index is 10.9. The molecule has 0 fully saturated rings. The Morgan fingerprint density at radius 3 is 2.17 bits per heavy atom. The number of fused-ring (bicyclic) bond motifs is 1. The molecule has 0 spiro atoms. The summed E-state index contributed by atoms with van der Waals surface area (Å²) in [5.41, 5.74) is 5.80. The predicted molar refractivity (Wildman–Crippen MR) is 98.0 cm³/mol. The monoisotopic (exact) mass is 309 g/mol. The third kappa shape index (κ3) is 2.59. The highest BCUT2D eigenvalue weighted by Gasteiger charge is 2.11. The molecule has 114 valence electrons.